The highest BCUT2D eigenvalue weighted by molar-refractivity contribution is 5.90. The van der Waals surface area contributed by atoms with Gasteiger partial charge in [-0.25, -0.2) is 4.79 Å². The van der Waals surface area contributed by atoms with Crippen LogP contribution in [-0.2, 0) is 17.6 Å². The minimum atomic E-state index is -0.464. The number of hydrogen-bond donors (Lipinski definition) is 1. The monoisotopic (exact) mass is 276 g/mol. The van der Waals surface area contributed by atoms with Crippen molar-refractivity contribution in [3.63, 3.8) is 0 Å². The number of nitrogens with zero attached hydrogens (tertiary/aromatic N) is 1. The summed E-state index contributed by atoms with van der Waals surface area (Å²) in [6.45, 7) is 8.33. The van der Waals surface area contributed by atoms with Gasteiger partial charge in [0, 0.05) is 12.6 Å². The Kier molecular flexibility index (Phi) is 4.04. The van der Waals surface area contributed by atoms with Crippen LogP contribution in [0, 0.1) is 0 Å². The lowest BCUT2D eigenvalue weighted by Gasteiger charge is -2.24. The van der Waals surface area contributed by atoms with Crippen molar-refractivity contribution < 1.29 is 9.53 Å². The van der Waals surface area contributed by atoms with Crippen molar-refractivity contribution in [2.75, 3.05) is 11.4 Å². The van der Waals surface area contributed by atoms with E-state index in [4.69, 9.17) is 10.5 Å². The molecular weight excluding hydrogens is 252 g/mol. The number of ether oxygens (including phenoxy) is 1. The molecule has 0 aromatic heterocycles. The molecule has 1 aromatic rings. The molecule has 1 aliphatic heterocycles. The molecule has 0 saturated carbocycles. The lowest BCUT2D eigenvalue weighted by molar-refractivity contribution is 0.0584. The molecule has 1 heterocycles. The molecule has 1 unspecified atom stereocenters. The fraction of sp³-hybridized carbons (Fsp3) is 0.562. The van der Waals surface area contributed by atoms with Gasteiger partial charge in [0.15, 0.2) is 0 Å². The molecular formula is C16H24N2O2. The van der Waals surface area contributed by atoms with Crippen LogP contribution in [0.3, 0.4) is 0 Å². The van der Waals surface area contributed by atoms with Crippen molar-refractivity contribution in [3.05, 3.63) is 29.3 Å². The Morgan fingerprint density at radius 3 is 2.75 bits per heavy atom. The van der Waals surface area contributed by atoms with Crippen molar-refractivity contribution in [1.29, 1.82) is 0 Å². The summed E-state index contributed by atoms with van der Waals surface area (Å²) in [4.78, 5) is 13.9. The molecule has 1 aliphatic rings. The van der Waals surface area contributed by atoms with Gasteiger partial charge in [-0.2, -0.15) is 0 Å². The van der Waals surface area contributed by atoms with Gasteiger partial charge in [0.05, 0.1) is 5.69 Å². The van der Waals surface area contributed by atoms with Crippen LogP contribution >= 0.6 is 0 Å². The molecule has 2 N–H and O–H groups in total. The zero-order valence-corrected chi connectivity index (χ0v) is 12.8. The number of rotatable bonds is 2. The summed E-state index contributed by atoms with van der Waals surface area (Å²) in [7, 11) is 0. The maximum Gasteiger partial charge on any atom is 0.414 e. The number of fused-ring (bicyclic) bond motifs is 1. The van der Waals surface area contributed by atoms with Gasteiger partial charge in [0.1, 0.15) is 5.60 Å². The van der Waals surface area contributed by atoms with Crippen molar-refractivity contribution in [1.82, 2.24) is 0 Å². The molecule has 0 bridgehead atoms. The van der Waals surface area contributed by atoms with Crippen LogP contribution in [-0.4, -0.2) is 24.3 Å². The van der Waals surface area contributed by atoms with E-state index >= 15 is 0 Å². The van der Waals surface area contributed by atoms with E-state index in [0.29, 0.717) is 6.54 Å². The van der Waals surface area contributed by atoms with Crippen molar-refractivity contribution in [2.45, 2.75) is 52.2 Å². The maximum atomic E-state index is 12.2. The molecule has 1 atom stereocenters. The zero-order chi connectivity index (χ0) is 14.9. The Morgan fingerprint density at radius 1 is 1.45 bits per heavy atom. The molecule has 0 saturated heterocycles. The molecule has 2 rings (SSSR count). The quantitative estimate of drug-likeness (QED) is 0.903. The van der Waals surface area contributed by atoms with Crippen molar-refractivity contribution >= 4 is 11.8 Å². The van der Waals surface area contributed by atoms with Gasteiger partial charge >= 0.3 is 6.09 Å². The average molecular weight is 276 g/mol. The van der Waals surface area contributed by atoms with Crippen LogP contribution in [0.4, 0.5) is 10.5 Å². The first-order valence-electron chi connectivity index (χ1n) is 7.14. The molecule has 110 valence electrons. The van der Waals surface area contributed by atoms with Crippen LogP contribution < -0.4 is 10.6 Å². The first kappa shape index (κ1) is 14.9. The summed E-state index contributed by atoms with van der Waals surface area (Å²) in [5.74, 6) is 0. The minimum absolute atomic E-state index is 0.149. The molecule has 20 heavy (non-hydrogen) atoms. The maximum absolute atomic E-state index is 12.2. The van der Waals surface area contributed by atoms with E-state index in [0.717, 1.165) is 18.5 Å². The third-order valence-electron chi connectivity index (χ3n) is 3.21. The summed E-state index contributed by atoms with van der Waals surface area (Å²) in [6.07, 6.45) is 1.47. The van der Waals surface area contributed by atoms with Gasteiger partial charge in [-0.3, -0.25) is 4.90 Å². The van der Waals surface area contributed by atoms with E-state index in [2.05, 4.69) is 6.07 Å². The predicted octanol–water partition coefficient (Wildman–Crippen LogP) is 2.87. The van der Waals surface area contributed by atoms with Gasteiger partial charge in [0.2, 0.25) is 0 Å². The highest BCUT2D eigenvalue weighted by atomic mass is 16.6. The highest BCUT2D eigenvalue weighted by Gasteiger charge is 2.28. The number of amides is 1. The number of nitrogens with two attached hydrogens (primary N) is 1. The van der Waals surface area contributed by atoms with E-state index in [1.807, 2.05) is 39.8 Å². The molecule has 0 radical (unpaired) electrons. The molecule has 0 spiro atoms. The van der Waals surface area contributed by atoms with E-state index < -0.39 is 5.60 Å². The summed E-state index contributed by atoms with van der Waals surface area (Å²) in [5, 5.41) is 0. The molecule has 0 fully saturated rings. The third-order valence-corrected chi connectivity index (χ3v) is 3.21. The van der Waals surface area contributed by atoms with Gasteiger partial charge < -0.3 is 10.5 Å². The van der Waals surface area contributed by atoms with Crippen LogP contribution in [0.5, 0.6) is 0 Å². The first-order chi connectivity index (χ1) is 9.26. The number of hydrogen-bond acceptors (Lipinski definition) is 3. The molecule has 1 aromatic carbocycles. The number of carbonyl (C=O) groups excluding carboxylic acids is 1. The van der Waals surface area contributed by atoms with Crippen LogP contribution in [0.2, 0.25) is 0 Å². The first-order valence-corrected chi connectivity index (χ1v) is 7.14. The molecule has 4 nitrogen and oxygen atoms in total. The van der Waals surface area contributed by atoms with Crippen LogP contribution in [0.25, 0.3) is 0 Å². The van der Waals surface area contributed by atoms with Gasteiger partial charge in [-0.1, -0.05) is 12.1 Å². The fourth-order valence-electron chi connectivity index (χ4n) is 2.46. The lowest BCUT2D eigenvalue weighted by Crippen LogP contribution is -2.35. The molecule has 0 aliphatic carbocycles. The van der Waals surface area contributed by atoms with Gasteiger partial charge in [-0.15, -0.1) is 0 Å². The third kappa shape index (κ3) is 3.51. The normalized spacial score (nSPS) is 15.9. The smallest absolute Gasteiger partial charge is 0.414 e. The summed E-state index contributed by atoms with van der Waals surface area (Å²) >= 11 is 0. The Bertz CT molecular complexity index is 504. The average Bonchev–Trinajstić information content (AvgIpc) is 2.68. The summed E-state index contributed by atoms with van der Waals surface area (Å²) < 4.78 is 5.44. The van der Waals surface area contributed by atoms with Crippen LogP contribution in [0.1, 0.15) is 38.8 Å². The standard InChI is InChI=1S/C16H24N2O2/c1-11(17)9-12-5-6-14-13(10-12)7-8-18(14)15(19)20-16(2,3)4/h5-6,10-11H,7-9,17H2,1-4H3. The Labute approximate surface area is 120 Å². The Balaban J connectivity index is 2.15. The van der Waals surface area contributed by atoms with Crippen molar-refractivity contribution in [3.8, 4) is 0 Å². The minimum Gasteiger partial charge on any atom is -0.443 e. The van der Waals surface area contributed by atoms with E-state index in [1.165, 1.54) is 11.1 Å². The van der Waals surface area contributed by atoms with E-state index in [1.54, 1.807) is 4.90 Å². The second-order valence-electron chi connectivity index (χ2n) is 6.53. The fourth-order valence-corrected chi connectivity index (χ4v) is 2.46. The zero-order valence-electron chi connectivity index (χ0n) is 12.8. The summed E-state index contributed by atoms with van der Waals surface area (Å²) in [5.41, 5.74) is 8.76. The Hall–Kier alpha value is -1.55. The van der Waals surface area contributed by atoms with E-state index in [-0.39, 0.29) is 12.1 Å². The second-order valence-corrected chi connectivity index (χ2v) is 6.53. The number of carbonyl (C=O) groups is 1. The largest absolute Gasteiger partial charge is 0.443 e. The van der Waals surface area contributed by atoms with Crippen molar-refractivity contribution in [2.24, 2.45) is 5.73 Å². The SMILES string of the molecule is CC(N)Cc1ccc2c(c1)CCN2C(=O)OC(C)(C)C. The van der Waals surface area contributed by atoms with Gasteiger partial charge in [0.25, 0.3) is 0 Å². The predicted molar refractivity (Wildman–Crippen MR) is 81.1 cm³/mol. The number of anilines is 1. The topological polar surface area (TPSA) is 55.6 Å². The van der Waals surface area contributed by atoms with E-state index in [9.17, 15) is 4.79 Å². The van der Waals surface area contributed by atoms with Crippen LogP contribution in [0.15, 0.2) is 18.2 Å². The molecule has 4 heteroatoms. The highest BCUT2D eigenvalue weighted by Crippen LogP contribution is 2.30. The molecule has 1 amide bonds. The number of benzene rings is 1. The summed E-state index contributed by atoms with van der Waals surface area (Å²) in [6, 6.07) is 6.36. The second kappa shape index (κ2) is 5.44. The van der Waals surface area contributed by atoms with Gasteiger partial charge in [-0.05, 0) is 57.7 Å². The lowest BCUT2D eigenvalue weighted by atomic mass is 10.0. The Morgan fingerprint density at radius 2 is 2.15 bits per heavy atom.